The normalized spacial score (nSPS) is 9.67. The Morgan fingerprint density at radius 2 is 2.13 bits per heavy atom. The molecule has 0 atom stereocenters. The van der Waals surface area contributed by atoms with E-state index in [1.807, 2.05) is 31.2 Å². The Morgan fingerprint density at radius 1 is 1.47 bits per heavy atom. The first kappa shape index (κ1) is 11.3. The molecule has 80 valence electrons. The van der Waals surface area contributed by atoms with Crippen LogP contribution in [0.4, 0.5) is 5.69 Å². The average Bonchev–Trinajstić information content (AvgIpc) is 2.21. The topological polar surface area (TPSA) is 49.3 Å². The van der Waals surface area contributed by atoms with Crippen LogP contribution in [0.25, 0.3) is 0 Å². The highest BCUT2D eigenvalue weighted by atomic mass is 16.4. The van der Waals surface area contributed by atoms with Crippen LogP contribution in [0.5, 0.6) is 0 Å². The quantitative estimate of drug-likeness (QED) is 0.725. The van der Waals surface area contributed by atoms with Gasteiger partial charge in [0.2, 0.25) is 0 Å². The number of carboxylic acid groups (broad SMARTS) is 1. The van der Waals surface area contributed by atoms with E-state index in [0.29, 0.717) is 6.42 Å². The van der Waals surface area contributed by atoms with Crippen LogP contribution in [0.1, 0.15) is 12.5 Å². The summed E-state index contributed by atoms with van der Waals surface area (Å²) in [5.74, 6) is -0.943. The summed E-state index contributed by atoms with van der Waals surface area (Å²) < 4.78 is 0. The number of benzene rings is 1. The molecular formula is C12H15NO2. The molecule has 0 aromatic heterocycles. The summed E-state index contributed by atoms with van der Waals surface area (Å²) in [6, 6.07) is 7.66. The molecule has 3 nitrogen and oxygen atoms in total. The van der Waals surface area contributed by atoms with Gasteiger partial charge in [0, 0.05) is 24.2 Å². The summed E-state index contributed by atoms with van der Waals surface area (Å²) in [5, 5.41) is 11.9. The minimum absolute atomic E-state index is 0.209. The van der Waals surface area contributed by atoms with E-state index in [4.69, 9.17) is 5.11 Å². The Labute approximate surface area is 89.4 Å². The van der Waals surface area contributed by atoms with Crippen LogP contribution in [-0.2, 0) is 11.2 Å². The second kappa shape index (κ2) is 5.20. The van der Waals surface area contributed by atoms with E-state index >= 15 is 0 Å². The Morgan fingerprint density at radius 3 is 2.73 bits per heavy atom. The van der Waals surface area contributed by atoms with Gasteiger partial charge >= 0.3 is 5.97 Å². The van der Waals surface area contributed by atoms with Gasteiger partial charge in [0.15, 0.2) is 0 Å². The molecule has 0 bridgehead atoms. The Balaban J connectivity index is 2.84. The number of carbonyl (C=O) groups is 1. The Hall–Kier alpha value is -1.77. The van der Waals surface area contributed by atoms with Crippen LogP contribution in [0.3, 0.4) is 0 Å². The van der Waals surface area contributed by atoms with E-state index in [2.05, 4.69) is 11.9 Å². The van der Waals surface area contributed by atoms with E-state index in [1.165, 1.54) is 0 Å². The van der Waals surface area contributed by atoms with Crippen LogP contribution < -0.4 is 5.32 Å². The minimum atomic E-state index is -0.943. The van der Waals surface area contributed by atoms with E-state index in [-0.39, 0.29) is 5.57 Å². The fraction of sp³-hybridized carbons (Fsp3) is 0.250. The summed E-state index contributed by atoms with van der Waals surface area (Å²) >= 11 is 0. The lowest BCUT2D eigenvalue weighted by atomic mass is 10.0. The molecular weight excluding hydrogens is 190 g/mol. The predicted molar refractivity (Wildman–Crippen MR) is 61.1 cm³/mol. The molecule has 1 aromatic rings. The van der Waals surface area contributed by atoms with Crippen LogP contribution >= 0.6 is 0 Å². The predicted octanol–water partition coefficient (Wildman–Crippen LogP) is 2.30. The van der Waals surface area contributed by atoms with Gasteiger partial charge in [-0.25, -0.2) is 4.79 Å². The van der Waals surface area contributed by atoms with Gasteiger partial charge in [-0.1, -0.05) is 24.8 Å². The van der Waals surface area contributed by atoms with Crippen molar-refractivity contribution in [2.24, 2.45) is 0 Å². The number of hydrogen-bond donors (Lipinski definition) is 2. The lowest BCUT2D eigenvalue weighted by molar-refractivity contribution is -0.132. The second-order valence-corrected chi connectivity index (χ2v) is 3.27. The molecule has 1 rings (SSSR count). The van der Waals surface area contributed by atoms with Gasteiger partial charge < -0.3 is 10.4 Å². The van der Waals surface area contributed by atoms with Crippen molar-refractivity contribution in [2.45, 2.75) is 13.3 Å². The van der Waals surface area contributed by atoms with Crippen molar-refractivity contribution in [3.8, 4) is 0 Å². The molecule has 0 fully saturated rings. The standard InChI is InChI=1S/C12H15NO2/c1-3-13-11-7-5-4-6-10(11)8-9(2)12(14)15/h4-7,13H,2-3,8H2,1H3,(H,14,15). The number of nitrogens with one attached hydrogen (secondary N) is 1. The van der Waals surface area contributed by atoms with Gasteiger partial charge in [-0.15, -0.1) is 0 Å². The molecule has 0 radical (unpaired) electrons. The van der Waals surface area contributed by atoms with Crippen LogP contribution in [0, 0.1) is 0 Å². The largest absolute Gasteiger partial charge is 0.478 e. The maximum absolute atomic E-state index is 10.7. The van der Waals surface area contributed by atoms with Crippen molar-refractivity contribution >= 4 is 11.7 Å². The highest BCUT2D eigenvalue weighted by Crippen LogP contribution is 2.17. The minimum Gasteiger partial charge on any atom is -0.478 e. The highest BCUT2D eigenvalue weighted by molar-refractivity contribution is 5.86. The molecule has 0 aliphatic rings. The van der Waals surface area contributed by atoms with Crippen LogP contribution in [0.15, 0.2) is 36.4 Å². The molecule has 0 saturated carbocycles. The number of hydrogen-bond acceptors (Lipinski definition) is 2. The third kappa shape index (κ3) is 3.13. The zero-order valence-electron chi connectivity index (χ0n) is 8.79. The Bertz CT molecular complexity index is 372. The van der Waals surface area contributed by atoms with Gasteiger partial charge in [0.1, 0.15) is 0 Å². The van der Waals surface area contributed by atoms with Gasteiger partial charge in [-0.05, 0) is 18.6 Å². The first-order valence-corrected chi connectivity index (χ1v) is 4.88. The van der Waals surface area contributed by atoms with Crippen molar-refractivity contribution in [1.29, 1.82) is 0 Å². The van der Waals surface area contributed by atoms with E-state index in [9.17, 15) is 4.79 Å². The molecule has 0 amide bonds. The lowest BCUT2D eigenvalue weighted by Gasteiger charge is -2.10. The zero-order chi connectivity index (χ0) is 11.3. The monoisotopic (exact) mass is 205 g/mol. The van der Waals surface area contributed by atoms with Crippen LogP contribution in [0.2, 0.25) is 0 Å². The summed E-state index contributed by atoms with van der Waals surface area (Å²) in [5.41, 5.74) is 2.15. The highest BCUT2D eigenvalue weighted by Gasteiger charge is 2.07. The van der Waals surface area contributed by atoms with Crippen molar-refractivity contribution in [1.82, 2.24) is 0 Å². The van der Waals surface area contributed by atoms with Crippen LogP contribution in [-0.4, -0.2) is 17.6 Å². The average molecular weight is 205 g/mol. The molecule has 0 aliphatic carbocycles. The summed E-state index contributed by atoms with van der Waals surface area (Å²) in [4.78, 5) is 10.7. The molecule has 0 heterocycles. The molecule has 0 saturated heterocycles. The lowest BCUT2D eigenvalue weighted by Crippen LogP contribution is -2.05. The molecule has 0 unspecified atom stereocenters. The number of anilines is 1. The number of carboxylic acids is 1. The van der Waals surface area contributed by atoms with Crippen molar-refractivity contribution in [3.63, 3.8) is 0 Å². The van der Waals surface area contributed by atoms with Gasteiger partial charge in [-0.3, -0.25) is 0 Å². The fourth-order valence-electron chi connectivity index (χ4n) is 1.34. The maximum Gasteiger partial charge on any atom is 0.331 e. The van der Waals surface area contributed by atoms with E-state index < -0.39 is 5.97 Å². The smallest absolute Gasteiger partial charge is 0.331 e. The molecule has 2 N–H and O–H groups in total. The fourth-order valence-corrected chi connectivity index (χ4v) is 1.34. The summed E-state index contributed by atoms with van der Waals surface area (Å²) in [6.45, 7) is 6.34. The summed E-state index contributed by atoms with van der Waals surface area (Å²) in [6.07, 6.45) is 0.374. The third-order valence-electron chi connectivity index (χ3n) is 2.09. The first-order chi connectivity index (χ1) is 7.15. The molecule has 0 aliphatic heterocycles. The molecule has 1 aromatic carbocycles. The SMILES string of the molecule is C=C(Cc1ccccc1NCC)C(=O)O. The maximum atomic E-state index is 10.7. The molecule has 3 heteroatoms. The number of rotatable bonds is 5. The second-order valence-electron chi connectivity index (χ2n) is 3.27. The van der Waals surface area contributed by atoms with Crippen molar-refractivity contribution in [2.75, 3.05) is 11.9 Å². The Kier molecular flexibility index (Phi) is 3.92. The van der Waals surface area contributed by atoms with Crippen molar-refractivity contribution in [3.05, 3.63) is 42.0 Å². The van der Waals surface area contributed by atoms with Gasteiger partial charge in [-0.2, -0.15) is 0 Å². The van der Waals surface area contributed by atoms with Crippen molar-refractivity contribution < 1.29 is 9.90 Å². The third-order valence-corrected chi connectivity index (χ3v) is 2.09. The molecule has 0 spiro atoms. The first-order valence-electron chi connectivity index (χ1n) is 4.88. The number of para-hydroxylation sites is 1. The number of aliphatic carboxylic acids is 1. The van der Waals surface area contributed by atoms with Gasteiger partial charge in [0.25, 0.3) is 0 Å². The van der Waals surface area contributed by atoms with E-state index in [0.717, 1.165) is 17.8 Å². The molecule has 15 heavy (non-hydrogen) atoms. The summed E-state index contributed by atoms with van der Waals surface area (Å²) in [7, 11) is 0. The zero-order valence-corrected chi connectivity index (χ0v) is 8.79. The van der Waals surface area contributed by atoms with E-state index in [1.54, 1.807) is 0 Å². The van der Waals surface area contributed by atoms with Gasteiger partial charge in [0.05, 0.1) is 0 Å².